The highest BCUT2D eigenvalue weighted by Crippen LogP contribution is 2.30. The summed E-state index contributed by atoms with van der Waals surface area (Å²) < 4.78 is 16.2. The molecule has 0 aliphatic heterocycles. The lowest BCUT2D eigenvalue weighted by Gasteiger charge is -2.19. The number of rotatable bonds is 5. The summed E-state index contributed by atoms with van der Waals surface area (Å²) in [7, 11) is 0. The number of fused-ring (bicyclic) bond motifs is 3. The zero-order chi connectivity index (χ0) is 21.6. The molecule has 0 radical (unpaired) electrons. The molecule has 8 heteroatoms. The first-order valence-electron chi connectivity index (χ1n) is 9.73. The van der Waals surface area contributed by atoms with E-state index < -0.39 is 17.6 Å². The highest BCUT2D eigenvalue weighted by molar-refractivity contribution is 5.86. The fourth-order valence-corrected chi connectivity index (χ4v) is 3.83. The van der Waals surface area contributed by atoms with Gasteiger partial charge in [0.15, 0.2) is 5.65 Å². The molecule has 7 nitrogen and oxygen atoms in total. The van der Waals surface area contributed by atoms with Crippen molar-refractivity contribution in [3.8, 4) is 11.1 Å². The number of hydrogen-bond acceptors (Lipinski definition) is 4. The van der Waals surface area contributed by atoms with Crippen LogP contribution < -0.4 is 5.56 Å². The maximum atomic E-state index is 13.4. The van der Waals surface area contributed by atoms with E-state index in [0.717, 1.165) is 16.8 Å². The summed E-state index contributed by atoms with van der Waals surface area (Å²) in [5, 5.41) is 14.5. The van der Waals surface area contributed by atoms with Crippen molar-refractivity contribution in [3.05, 3.63) is 64.6 Å². The van der Waals surface area contributed by atoms with Crippen LogP contribution in [0.4, 0.5) is 4.39 Å². The van der Waals surface area contributed by atoms with Crippen molar-refractivity contribution in [2.24, 2.45) is 5.92 Å². The molecule has 30 heavy (non-hydrogen) atoms. The SMILES string of the molecule is CCc1nn2c(ncc3c(=O)n(C(C(=O)O)C(C)C)ccc32)c1-c1ccc(F)cc1. The van der Waals surface area contributed by atoms with E-state index in [1.54, 1.807) is 36.6 Å². The van der Waals surface area contributed by atoms with Crippen LogP contribution in [0.15, 0.2) is 47.5 Å². The van der Waals surface area contributed by atoms with Crippen molar-refractivity contribution >= 4 is 22.5 Å². The fourth-order valence-electron chi connectivity index (χ4n) is 3.83. The number of benzene rings is 1. The third-order valence-electron chi connectivity index (χ3n) is 5.26. The Kier molecular flexibility index (Phi) is 4.85. The Hall–Kier alpha value is -3.55. The molecule has 0 saturated heterocycles. The maximum absolute atomic E-state index is 13.4. The molecule has 0 saturated carbocycles. The molecular formula is C22H21FN4O3. The number of hydrogen-bond donors (Lipinski definition) is 1. The van der Waals surface area contributed by atoms with Gasteiger partial charge < -0.3 is 9.67 Å². The van der Waals surface area contributed by atoms with Crippen LogP contribution in [0.2, 0.25) is 0 Å². The molecule has 0 bridgehead atoms. The van der Waals surface area contributed by atoms with Crippen LogP contribution in [0, 0.1) is 11.7 Å². The largest absolute Gasteiger partial charge is 0.480 e. The van der Waals surface area contributed by atoms with Gasteiger partial charge in [-0.05, 0) is 36.1 Å². The molecule has 3 aromatic heterocycles. The normalized spacial score (nSPS) is 12.7. The Labute approximate surface area is 171 Å². The summed E-state index contributed by atoms with van der Waals surface area (Å²) in [6.07, 6.45) is 3.58. The van der Waals surface area contributed by atoms with E-state index in [-0.39, 0.29) is 17.1 Å². The Morgan fingerprint density at radius 1 is 1.20 bits per heavy atom. The van der Waals surface area contributed by atoms with Crippen molar-refractivity contribution < 1.29 is 14.3 Å². The van der Waals surface area contributed by atoms with E-state index in [1.807, 2.05) is 6.92 Å². The third-order valence-corrected chi connectivity index (χ3v) is 5.26. The lowest BCUT2D eigenvalue weighted by molar-refractivity contribution is -0.142. The Morgan fingerprint density at radius 3 is 2.50 bits per heavy atom. The molecule has 4 aromatic rings. The van der Waals surface area contributed by atoms with Gasteiger partial charge in [-0.25, -0.2) is 18.7 Å². The van der Waals surface area contributed by atoms with Crippen molar-refractivity contribution in [1.82, 2.24) is 19.2 Å². The number of halogens is 1. The summed E-state index contributed by atoms with van der Waals surface area (Å²) in [5.41, 5.74) is 3.01. The summed E-state index contributed by atoms with van der Waals surface area (Å²) in [6, 6.07) is 6.83. The van der Waals surface area contributed by atoms with Gasteiger partial charge in [-0.1, -0.05) is 32.9 Å². The molecule has 4 rings (SSSR count). The molecule has 154 valence electrons. The summed E-state index contributed by atoms with van der Waals surface area (Å²) in [5.74, 6) is -1.66. The smallest absolute Gasteiger partial charge is 0.327 e. The van der Waals surface area contributed by atoms with E-state index in [4.69, 9.17) is 0 Å². The van der Waals surface area contributed by atoms with Crippen molar-refractivity contribution in [3.63, 3.8) is 0 Å². The van der Waals surface area contributed by atoms with Gasteiger partial charge in [-0.2, -0.15) is 5.10 Å². The molecule has 0 fully saturated rings. The first-order chi connectivity index (χ1) is 14.3. The monoisotopic (exact) mass is 408 g/mol. The zero-order valence-electron chi connectivity index (χ0n) is 16.8. The average Bonchev–Trinajstić information content (AvgIpc) is 3.09. The number of carboxylic acid groups (broad SMARTS) is 1. The van der Waals surface area contributed by atoms with Gasteiger partial charge in [0.1, 0.15) is 11.9 Å². The van der Waals surface area contributed by atoms with Crippen molar-refractivity contribution in [2.75, 3.05) is 0 Å². The van der Waals surface area contributed by atoms with Crippen LogP contribution in [-0.2, 0) is 11.2 Å². The second-order valence-corrected chi connectivity index (χ2v) is 7.53. The maximum Gasteiger partial charge on any atom is 0.327 e. The van der Waals surface area contributed by atoms with Gasteiger partial charge in [0.05, 0.1) is 16.6 Å². The number of pyridine rings is 1. The zero-order valence-corrected chi connectivity index (χ0v) is 16.8. The predicted octanol–water partition coefficient (Wildman–Crippen LogP) is 3.69. The molecule has 0 aliphatic carbocycles. The van der Waals surface area contributed by atoms with E-state index in [2.05, 4.69) is 10.1 Å². The molecule has 1 N–H and O–H groups in total. The summed E-state index contributed by atoms with van der Waals surface area (Å²) in [6.45, 7) is 5.48. The Balaban J connectivity index is 1.99. The van der Waals surface area contributed by atoms with E-state index in [9.17, 15) is 19.1 Å². The molecule has 0 spiro atoms. The molecule has 1 aromatic carbocycles. The van der Waals surface area contributed by atoms with Gasteiger partial charge in [0.2, 0.25) is 0 Å². The summed E-state index contributed by atoms with van der Waals surface area (Å²) >= 11 is 0. The minimum Gasteiger partial charge on any atom is -0.480 e. The van der Waals surface area contributed by atoms with Gasteiger partial charge in [0, 0.05) is 18.0 Å². The first kappa shape index (κ1) is 19.8. The quantitative estimate of drug-likeness (QED) is 0.544. The average molecular weight is 408 g/mol. The number of aryl methyl sites for hydroxylation is 1. The highest BCUT2D eigenvalue weighted by atomic mass is 19.1. The standard InChI is InChI=1S/C22H21FN4O3/c1-4-16-18(13-5-7-14(23)8-6-13)20-24-11-15-17(27(20)25-16)9-10-26(21(15)28)19(12(2)3)22(29)30/h5-12,19H,4H2,1-3H3,(H,29,30). The van der Waals surface area contributed by atoms with E-state index in [1.165, 1.54) is 29.1 Å². The molecular weight excluding hydrogens is 387 g/mol. The van der Waals surface area contributed by atoms with Gasteiger partial charge in [-0.3, -0.25) is 4.79 Å². The number of nitrogens with zero attached hydrogens (tertiary/aromatic N) is 4. The number of carbonyl (C=O) groups is 1. The highest BCUT2D eigenvalue weighted by Gasteiger charge is 2.26. The Morgan fingerprint density at radius 2 is 1.90 bits per heavy atom. The van der Waals surface area contributed by atoms with E-state index in [0.29, 0.717) is 17.6 Å². The fraction of sp³-hybridized carbons (Fsp3) is 0.273. The van der Waals surface area contributed by atoms with Crippen LogP contribution >= 0.6 is 0 Å². The molecule has 1 unspecified atom stereocenters. The Bertz CT molecular complexity index is 1320. The molecule has 1 atom stereocenters. The van der Waals surface area contributed by atoms with Crippen LogP contribution in [0.3, 0.4) is 0 Å². The molecule has 3 heterocycles. The van der Waals surface area contributed by atoms with Crippen molar-refractivity contribution in [1.29, 1.82) is 0 Å². The lowest BCUT2D eigenvalue weighted by Crippen LogP contribution is -2.33. The second kappa shape index (κ2) is 7.37. The van der Waals surface area contributed by atoms with Crippen LogP contribution in [-0.4, -0.2) is 30.2 Å². The van der Waals surface area contributed by atoms with Gasteiger partial charge in [0.25, 0.3) is 5.56 Å². The minimum atomic E-state index is -1.06. The van der Waals surface area contributed by atoms with Crippen LogP contribution in [0.5, 0.6) is 0 Å². The van der Waals surface area contributed by atoms with Crippen LogP contribution in [0.25, 0.3) is 27.7 Å². The third kappa shape index (κ3) is 3.04. The van der Waals surface area contributed by atoms with E-state index >= 15 is 0 Å². The van der Waals surface area contributed by atoms with Gasteiger partial charge in [-0.15, -0.1) is 0 Å². The number of carboxylic acids is 1. The number of aromatic nitrogens is 4. The lowest BCUT2D eigenvalue weighted by atomic mass is 10.0. The first-order valence-corrected chi connectivity index (χ1v) is 9.73. The summed E-state index contributed by atoms with van der Waals surface area (Å²) in [4.78, 5) is 29.2. The number of aliphatic carboxylic acids is 1. The van der Waals surface area contributed by atoms with Crippen molar-refractivity contribution in [2.45, 2.75) is 33.2 Å². The topological polar surface area (TPSA) is 89.5 Å². The minimum absolute atomic E-state index is 0.268. The second-order valence-electron chi connectivity index (χ2n) is 7.53. The van der Waals surface area contributed by atoms with Crippen LogP contribution in [0.1, 0.15) is 32.5 Å². The molecule has 0 aliphatic rings. The molecule has 0 amide bonds. The predicted molar refractivity (Wildman–Crippen MR) is 111 cm³/mol. The van der Waals surface area contributed by atoms with Gasteiger partial charge >= 0.3 is 5.97 Å².